The quantitative estimate of drug-likeness (QED) is 0.676. The van der Waals surface area contributed by atoms with Gasteiger partial charge in [0, 0.05) is 5.69 Å². The van der Waals surface area contributed by atoms with E-state index in [2.05, 4.69) is 10.6 Å². The Labute approximate surface area is 166 Å². The highest BCUT2D eigenvalue weighted by Crippen LogP contribution is 2.48. The van der Waals surface area contributed by atoms with Gasteiger partial charge >= 0.3 is 5.97 Å². The second kappa shape index (κ2) is 7.50. The van der Waals surface area contributed by atoms with E-state index >= 15 is 0 Å². The number of carboxylic acid groups (broad SMARTS) is 1. The van der Waals surface area contributed by atoms with Gasteiger partial charge < -0.3 is 15.7 Å². The lowest BCUT2D eigenvalue weighted by Crippen LogP contribution is -2.36. The zero-order chi connectivity index (χ0) is 20.5. The first-order valence-corrected chi connectivity index (χ1v) is 9.32. The number of allylic oxidation sites excluding steroid dienone is 2. The maximum absolute atomic E-state index is 13.0. The number of benzene rings is 2. The number of hydrogen-bond acceptors (Lipinski definition) is 3. The number of hydrogen-bond donors (Lipinski definition) is 3. The molecule has 2 aromatic rings. The molecular formula is C22H19FN2O4. The Morgan fingerprint density at radius 3 is 2.24 bits per heavy atom. The van der Waals surface area contributed by atoms with Crippen molar-refractivity contribution in [2.75, 3.05) is 10.6 Å². The van der Waals surface area contributed by atoms with Gasteiger partial charge in [-0.1, -0.05) is 24.3 Å². The van der Waals surface area contributed by atoms with Gasteiger partial charge in [0.2, 0.25) is 5.91 Å². The van der Waals surface area contributed by atoms with Crippen LogP contribution < -0.4 is 10.6 Å². The molecule has 0 unspecified atom stereocenters. The van der Waals surface area contributed by atoms with E-state index in [0.29, 0.717) is 17.8 Å². The predicted octanol–water partition coefficient (Wildman–Crippen LogP) is 3.54. The predicted molar refractivity (Wildman–Crippen MR) is 105 cm³/mol. The number of halogens is 1. The summed E-state index contributed by atoms with van der Waals surface area (Å²) >= 11 is 0. The highest BCUT2D eigenvalue weighted by atomic mass is 19.1. The van der Waals surface area contributed by atoms with Gasteiger partial charge in [-0.3, -0.25) is 14.4 Å². The van der Waals surface area contributed by atoms with Crippen molar-refractivity contribution in [3.05, 3.63) is 72.1 Å². The summed E-state index contributed by atoms with van der Waals surface area (Å²) in [5, 5.41) is 14.9. The summed E-state index contributed by atoms with van der Waals surface area (Å²) in [7, 11) is 0. The van der Waals surface area contributed by atoms with Gasteiger partial charge in [-0.15, -0.1) is 0 Å². The summed E-state index contributed by atoms with van der Waals surface area (Å²) in [6, 6.07) is 11.8. The molecule has 0 radical (unpaired) electrons. The Bertz CT molecular complexity index is 1000. The molecular weight excluding hydrogens is 375 g/mol. The van der Waals surface area contributed by atoms with E-state index in [1.807, 2.05) is 12.2 Å². The van der Waals surface area contributed by atoms with Crippen molar-refractivity contribution in [1.29, 1.82) is 0 Å². The first-order chi connectivity index (χ1) is 13.9. The van der Waals surface area contributed by atoms with Crippen molar-refractivity contribution < 1.29 is 23.9 Å². The van der Waals surface area contributed by atoms with E-state index in [0.717, 1.165) is 0 Å². The van der Waals surface area contributed by atoms with Crippen LogP contribution in [-0.4, -0.2) is 22.9 Å². The second-order valence-electron chi connectivity index (χ2n) is 7.33. The van der Waals surface area contributed by atoms with E-state index in [1.165, 1.54) is 24.3 Å². The van der Waals surface area contributed by atoms with Gasteiger partial charge in [0.05, 0.1) is 23.1 Å². The Morgan fingerprint density at radius 2 is 1.55 bits per heavy atom. The van der Waals surface area contributed by atoms with Gasteiger partial charge in [-0.05, 0) is 54.7 Å². The van der Waals surface area contributed by atoms with Gasteiger partial charge in [0.1, 0.15) is 5.82 Å². The van der Waals surface area contributed by atoms with Crippen LogP contribution in [0.25, 0.3) is 0 Å². The third kappa shape index (κ3) is 3.63. The Balaban J connectivity index is 1.53. The maximum atomic E-state index is 13.0. The molecule has 6 nitrogen and oxygen atoms in total. The summed E-state index contributed by atoms with van der Waals surface area (Å²) in [6.07, 6.45) is 4.43. The maximum Gasteiger partial charge on any atom is 0.307 e. The number of amides is 2. The zero-order valence-electron chi connectivity index (χ0n) is 15.3. The Hall–Kier alpha value is -3.48. The molecule has 0 heterocycles. The van der Waals surface area contributed by atoms with Gasteiger partial charge in [0.25, 0.3) is 5.91 Å². The molecule has 0 spiro atoms. The number of aliphatic carboxylic acids is 1. The molecule has 0 saturated heterocycles. The molecule has 29 heavy (non-hydrogen) atoms. The van der Waals surface area contributed by atoms with Gasteiger partial charge in [0.15, 0.2) is 0 Å². The Morgan fingerprint density at radius 1 is 0.897 bits per heavy atom. The lowest BCUT2D eigenvalue weighted by atomic mass is 9.82. The SMILES string of the molecule is O=C(Nc1ccc(F)cc1)c1ccccc1NC(=O)[C@@H]1[C@H](C(=O)O)[C@H]2C=C[C@H]1C2. The molecule has 2 amide bonds. The van der Waals surface area contributed by atoms with Gasteiger partial charge in [-0.2, -0.15) is 0 Å². The fourth-order valence-corrected chi connectivity index (χ4v) is 4.25. The van der Waals surface area contributed by atoms with Crippen LogP contribution in [0.1, 0.15) is 16.8 Å². The first-order valence-electron chi connectivity index (χ1n) is 9.32. The number of rotatable bonds is 5. The smallest absolute Gasteiger partial charge is 0.307 e. The minimum atomic E-state index is -0.982. The van der Waals surface area contributed by atoms with E-state index in [1.54, 1.807) is 24.3 Å². The second-order valence-corrected chi connectivity index (χ2v) is 7.33. The number of anilines is 2. The number of carbonyl (C=O) groups is 3. The first kappa shape index (κ1) is 18.9. The van der Waals surface area contributed by atoms with Crippen LogP contribution in [0.2, 0.25) is 0 Å². The molecule has 1 saturated carbocycles. The summed E-state index contributed by atoms with van der Waals surface area (Å²) in [6.45, 7) is 0. The molecule has 4 atom stereocenters. The third-order valence-electron chi connectivity index (χ3n) is 5.58. The standard InChI is InChI=1S/C22H19FN2O4/c23-14-7-9-15(10-8-14)24-20(26)16-3-1-2-4-17(16)25-21(27)18-12-5-6-13(11-12)19(18)22(28)29/h1-10,12-13,18-19H,11H2,(H,24,26)(H,25,27)(H,28,29)/t12-,13-,18-,19+/m0/s1. The number of fused-ring (bicyclic) bond motifs is 2. The molecule has 2 aliphatic rings. The molecule has 148 valence electrons. The summed E-state index contributed by atoms with van der Waals surface area (Å²) in [5.41, 5.74) is 0.950. The van der Waals surface area contributed by atoms with Crippen LogP contribution >= 0.6 is 0 Å². The van der Waals surface area contributed by atoms with Crippen LogP contribution in [0.3, 0.4) is 0 Å². The van der Waals surface area contributed by atoms with Crippen LogP contribution in [0.5, 0.6) is 0 Å². The van der Waals surface area contributed by atoms with E-state index in [9.17, 15) is 23.9 Å². The fourth-order valence-electron chi connectivity index (χ4n) is 4.25. The highest BCUT2D eigenvalue weighted by Gasteiger charge is 2.51. The molecule has 0 aromatic heterocycles. The van der Waals surface area contributed by atoms with Crippen molar-refractivity contribution in [1.82, 2.24) is 0 Å². The summed E-state index contributed by atoms with van der Waals surface area (Å²) in [4.78, 5) is 37.2. The lowest BCUT2D eigenvalue weighted by Gasteiger charge is -2.24. The average molecular weight is 394 g/mol. The Kier molecular flexibility index (Phi) is 4.88. The molecule has 4 rings (SSSR count). The molecule has 1 fully saturated rings. The molecule has 0 aliphatic heterocycles. The molecule has 2 bridgehead atoms. The summed E-state index contributed by atoms with van der Waals surface area (Å²) < 4.78 is 13.0. The van der Waals surface area contributed by atoms with Crippen molar-refractivity contribution in [2.24, 2.45) is 23.7 Å². The molecule has 2 aliphatic carbocycles. The summed E-state index contributed by atoms with van der Waals surface area (Å²) in [5.74, 6) is -3.94. The normalized spacial score (nSPS) is 24.3. The van der Waals surface area contributed by atoms with Crippen molar-refractivity contribution in [2.45, 2.75) is 6.42 Å². The van der Waals surface area contributed by atoms with Crippen LogP contribution in [0, 0.1) is 29.5 Å². The van der Waals surface area contributed by atoms with Crippen LogP contribution in [-0.2, 0) is 9.59 Å². The third-order valence-corrected chi connectivity index (χ3v) is 5.58. The highest BCUT2D eigenvalue weighted by molar-refractivity contribution is 6.10. The molecule has 3 N–H and O–H groups in total. The molecule has 7 heteroatoms. The van der Waals surface area contributed by atoms with Crippen molar-refractivity contribution in [3.8, 4) is 0 Å². The number of carbonyl (C=O) groups excluding carboxylic acids is 2. The van der Waals surface area contributed by atoms with Crippen molar-refractivity contribution >= 4 is 29.2 Å². The average Bonchev–Trinajstić information content (AvgIpc) is 3.31. The minimum absolute atomic E-state index is 0.110. The lowest BCUT2D eigenvalue weighted by molar-refractivity contribution is -0.146. The monoisotopic (exact) mass is 394 g/mol. The van der Waals surface area contributed by atoms with Crippen molar-refractivity contribution in [3.63, 3.8) is 0 Å². The topological polar surface area (TPSA) is 95.5 Å². The van der Waals surface area contributed by atoms with E-state index in [4.69, 9.17) is 0 Å². The number of para-hydroxylation sites is 1. The minimum Gasteiger partial charge on any atom is -0.481 e. The zero-order valence-corrected chi connectivity index (χ0v) is 15.3. The van der Waals surface area contributed by atoms with E-state index in [-0.39, 0.29) is 17.4 Å². The van der Waals surface area contributed by atoms with Gasteiger partial charge in [-0.25, -0.2) is 4.39 Å². The van der Waals surface area contributed by atoms with Crippen LogP contribution in [0.15, 0.2) is 60.7 Å². The number of carboxylic acids is 1. The largest absolute Gasteiger partial charge is 0.481 e. The van der Waals surface area contributed by atoms with E-state index < -0.39 is 35.4 Å². The molecule has 2 aromatic carbocycles. The fraction of sp³-hybridized carbons (Fsp3) is 0.227. The van der Waals surface area contributed by atoms with Crippen LogP contribution in [0.4, 0.5) is 15.8 Å². The number of nitrogens with one attached hydrogen (secondary N) is 2.